The Labute approximate surface area is 167 Å². The lowest BCUT2D eigenvalue weighted by molar-refractivity contribution is -0.129. The molecule has 2 unspecified atom stereocenters. The van der Waals surface area contributed by atoms with Gasteiger partial charge in [0.2, 0.25) is 11.8 Å². The third-order valence-corrected chi connectivity index (χ3v) is 5.40. The molecule has 0 radical (unpaired) electrons. The zero-order chi connectivity index (χ0) is 20.1. The maximum absolute atomic E-state index is 12.6. The number of hydrogen-bond donors (Lipinski definition) is 3. The molecule has 2 atom stereocenters. The van der Waals surface area contributed by atoms with Crippen LogP contribution >= 0.6 is 0 Å². The van der Waals surface area contributed by atoms with Crippen molar-refractivity contribution in [2.45, 2.75) is 52.2 Å². The Morgan fingerprint density at radius 2 is 2.00 bits per heavy atom. The van der Waals surface area contributed by atoms with E-state index < -0.39 is 0 Å². The van der Waals surface area contributed by atoms with Gasteiger partial charge in [0.25, 0.3) is 0 Å². The molecule has 1 aromatic rings. The largest absolute Gasteiger partial charge is 0.353 e. The lowest BCUT2D eigenvalue weighted by atomic mass is 10.00. The number of rotatable bonds is 6. The molecule has 28 heavy (non-hydrogen) atoms. The van der Waals surface area contributed by atoms with E-state index in [-0.39, 0.29) is 17.9 Å². The molecule has 1 aromatic heterocycles. The lowest BCUT2D eigenvalue weighted by Crippen LogP contribution is -2.48. The first kappa shape index (κ1) is 20.5. The van der Waals surface area contributed by atoms with Gasteiger partial charge in [-0.2, -0.15) is 0 Å². The van der Waals surface area contributed by atoms with Crippen LogP contribution in [0.3, 0.4) is 0 Å². The summed E-state index contributed by atoms with van der Waals surface area (Å²) in [5, 5.41) is 3.05. The lowest BCUT2D eigenvalue weighted by Gasteiger charge is -2.35. The van der Waals surface area contributed by atoms with Crippen LogP contribution in [0.15, 0.2) is 18.3 Å². The summed E-state index contributed by atoms with van der Waals surface area (Å²) in [7, 11) is 0. The maximum Gasteiger partial charge on any atom is 0.238 e. The van der Waals surface area contributed by atoms with Crippen molar-refractivity contribution in [2.24, 2.45) is 5.92 Å². The molecule has 3 N–H and O–H groups in total. The average Bonchev–Trinajstić information content (AvgIpc) is 3.14. The first-order valence-electron chi connectivity index (χ1n) is 10.2. The fraction of sp³-hybridized carbons (Fsp3) is 0.650. The van der Waals surface area contributed by atoms with Crippen molar-refractivity contribution in [1.82, 2.24) is 26.1 Å². The SMILES string of the molecule is CC(=O)N1CCN(c2ncccc2CNC(=O)C2CC(CC(C)C)NN2)CC1. The molecule has 2 amide bonds. The topological polar surface area (TPSA) is 89.6 Å². The van der Waals surface area contributed by atoms with Crippen LogP contribution in [0.25, 0.3) is 0 Å². The minimum Gasteiger partial charge on any atom is -0.353 e. The Hall–Kier alpha value is -2.19. The molecule has 0 aromatic carbocycles. The smallest absolute Gasteiger partial charge is 0.238 e. The number of nitrogens with zero attached hydrogens (tertiary/aromatic N) is 3. The van der Waals surface area contributed by atoms with Gasteiger partial charge in [-0.3, -0.25) is 15.0 Å². The molecule has 154 valence electrons. The fourth-order valence-corrected chi connectivity index (χ4v) is 3.91. The van der Waals surface area contributed by atoms with Crippen molar-refractivity contribution in [3.63, 3.8) is 0 Å². The van der Waals surface area contributed by atoms with Crippen molar-refractivity contribution in [3.05, 3.63) is 23.9 Å². The third kappa shape index (κ3) is 5.20. The molecule has 0 aliphatic carbocycles. The average molecular weight is 389 g/mol. The predicted octanol–water partition coefficient (Wildman–Crippen LogP) is 0.648. The number of anilines is 1. The van der Waals surface area contributed by atoms with E-state index in [1.807, 2.05) is 17.0 Å². The summed E-state index contributed by atoms with van der Waals surface area (Å²) in [6.07, 6.45) is 3.63. The van der Waals surface area contributed by atoms with Gasteiger partial charge in [-0.25, -0.2) is 10.4 Å². The second-order valence-electron chi connectivity index (χ2n) is 8.10. The van der Waals surface area contributed by atoms with Gasteiger partial charge in [-0.05, 0) is 24.8 Å². The zero-order valence-corrected chi connectivity index (χ0v) is 17.1. The van der Waals surface area contributed by atoms with E-state index in [1.165, 1.54) is 0 Å². The summed E-state index contributed by atoms with van der Waals surface area (Å²) in [5.74, 6) is 1.61. The Morgan fingerprint density at radius 1 is 1.25 bits per heavy atom. The number of piperazine rings is 1. The Morgan fingerprint density at radius 3 is 2.68 bits per heavy atom. The van der Waals surface area contributed by atoms with Gasteiger partial charge in [0, 0.05) is 57.4 Å². The van der Waals surface area contributed by atoms with Crippen LogP contribution in [0.2, 0.25) is 0 Å². The van der Waals surface area contributed by atoms with Crippen LogP contribution in [-0.4, -0.2) is 60.0 Å². The fourth-order valence-electron chi connectivity index (χ4n) is 3.91. The highest BCUT2D eigenvalue weighted by molar-refractivity contribution is 5.82. The molecule has 8 nitrogen and oxygen atoms in total. The highest BCUT2D eigenvalue weighted by atomic mass is 16.2. The monoisotopic (exact) mass is 388 g/mol. The summed E-state index contributed by atoms with van der Waals surface area (Å²) in [5.41, 5.74) is 7.34. The molecule has 3 rings (SSSR count). The maximum atomic E-state index is 12.6. The van der Waals surface area contributed by atoms with Crippen LogP contribution in [0, 0.1) is 5.92 Å². The van der Waals surface area contributed by atoms with Crippen LogP contribution in [0.4, 0.5) is 5.82 Å². The van der Waals surface area contributed by atoms with Gasteiger partial charge in [0.1, 0.15) is 11.9 Å². The molecular formula is C20H32N6O2. The number of aromatic nitrogens is 1. The molecule has 0 bridgehead atoms. The van der Waals surface area contributed by atoms with E-state index in [1.54, 1.807) is 13.1 Å². The minimum absolute atomic E-state index is 0.00922. The number of amides is 2. The van der Waals surface area contributed by atoms with Crippen molar-refractivity contribution in [3.8, 4) is 0 Å². The first-order valence-corrected chi connectivity index (χ1v) is 10.2. The number of hydrogen-bond acceptors (Lipinski definition) is 6. The molecule has 2 fully saturated rings. The number of carbonyl (C=O) groups is 2. The van der Waals surface area contributed by atoms with Crippen molar-refractivity contribution in [1.29, 1.82) is 0 Å². The van der Waals surface area contributed by atoms with Crippen molar-refractivity contribution >= 4 is 17.6 Å². The Kier molecular flexibility index (Phi) is 6.85. The van der Waals surface area contributed by atoms with Crippen molar-refractivity contribution in [2.75, 3.05) is 31.1 Å². The molecule has 2 saturated heterocycles. The molecule has 2 aliphatic heterocycles. The van der Waals surface area contributed by atoms with E-state index in [0.29, 0.717) is 31.6 Å². The number of carbonyl (C=O) groups excluding carboxylic acids is 2. The molecular weight excluding hydrogens is 356 g/mol. The van der Waals surface area contributed by atoms with E-state index in [2.05, 4.69) is 39.9 Å². The van der Waals surface area contributed by atoms with Gasteiger partial charge in [-0.15, -0.1) is 0 Å². The molecule has 0 spiro atoms. The standard InChI is InChI=1S/C20H32N6O2/c1-14(2)11-17-12-18(24-23-17)20(28)22-13-16-5-4-6-21-19(16)26-9-7-25(8-10-26)15(3)27/h4-6,14,17-18,23-24H,7-13H2,1-3H3,(H,22,28). The quantitative estimate of drug-likeness (QED) is 0.663. The second kappa shape index (κ2) is 9.34. The summed E-state index contributed by atoms with van der Waals surface area (Å²) >= 11 is 0. The summed E-state index contributed by atoms with van der Waals surface area (Å²) in [4.78, 5) is 32.7. The van der Waals surface area contributed by atoms with E-state index in [9.17, 15) is 9.59 Å². The number of nitrogens with one attached hydrogen (secondary N) is 3. The van der Waals surface area contributed by atoms with Crippen LogP contribution in [0.1, 0.15) is 39.2 Å². The molecule has 0 saturated carbocycles. The van der Waals surface area contributed by atoms with Gasteiger partial charge in [0.05, 0.1) is 0 Å². The normalized spacial score (nSPS) is 22.6. The van der Waals surface area contributed by atoms with Gasteiger partial charge in [-0.1, -0.05) is 19.9 Å². The van der Waals surface area contributed by atoms with Crippen molar-refractivity contribution < 1.29 is 9.59 Å². The van der Waals surface area contributed by atoms with Crippen LogP contribution in [-0.2, 0) is 16.1 Å². The van der Waals surface area contributed by atoms with Crippen LogP contribution in [0.5, 0.6) is 0 Å². The molecule has 3 heterocycles. The summed E-state index contributed by atoms with van der Waals surface area (Å²) in [6, 6.07) is 4.03. The van der Waals surface area contributed by atoms with E-state index >= 15 is 0 Å². The second-order valence-corrected chi connectivity index (χ2v) is 8.10. The highest BCUT2D eigenvalue weighted by Crippen LogP contribution is 2.19. The van der Waals surface area contributed by atoms with Gasteiger partial charge >= 0.3 is 0 Å². The van der Waals surface area contributed by atoms with Crippen LogP contribution < -0.4 is 21.1 Å². The summed E-state index contributed by atoms with van der Waals surface area (Å²) < 4.78 is 0. The van der Waals surface area contributed by atoms with Gasteiger partial charge < -0.3 is 15.1 Å². The summed E-state index contributed by atoms with van der Waals surface area (Å²) in [6.45, 7) is 9.34. The minimum atomic E-state index is -0.206. The zero-order valence-electron chi connectivity index (χ0n) is 17.1. The number of hydrazine groups is 1. The Balaban J connectivity index is 1.54. The highest BCUT2D eigenvalue weighted by Gasteiger charge is 2.29. The van der Waals surface area contributed by atoms with E-state index in [0.717, 1.165) is 37.3 Å². The van der Waals surface area contributed by atoms with E-state index in [4.69, 9.17) is 0 Å². The first-order chi connectivity index (χ1) is 13.4. The molecule has 2 aliphatic rings. The molecule has 8 heteroatoms. The third-order valence-electron chi connectivity index (χ3n) is 5.40. The Bertz CT molecular complexity index is 687. The van der Waals surface area contributed by atoms with Gasteiger partial charge in [0.15, 0.2) is 0 Å². The predicted molar refractivity (Wildman–Crippen MR) is 108 cm³/mol. The number of pyridine rings is 1.